The molecule has 0 fully saturated rings. The maximum absolute atomic E-state index is 12.9. The summed E-state index contributed by atoms with van der Waals surface area (Å²) in [5.41, 5.74) is 3.47. The monoisotopic (exact) mass is 459 g/mol. The van der Waals surface area contributed by atoms with Gasteiger partial charge in [-0.15, -0.1) is 0 Å². The lowest BCUT2D eigenvalue weighted by molar-refractivity contribution is -0.137. The van der Waals surface area contributed by atoms with E-state index in [1.165, 1.54) is 12.1 Å². The third-order valence-electron chi connectivity index (χ3n) is 5.63. The van der Waals surface area contributed by atoms with Gasteiger partial charge in [-0.25, -0.2) is 9.97 Å². The van der Waals surface area contributed by atoms with Crippen LogP contribution in [0, 0.1) is 0 Å². The number of fused-ring (bicyclic) bond motifs is 1. The fourth-order valence-corrected chi connectivity index (χ4v) is 3.80. The van der Waals surface area contributed by atoms with E-state index < -0.39 is 11.7 Å². The first-order chi connectivity index (χ1) is 16.4. The molecule has 0 amide bonds. The molecule has 3 aromatic carbocycles. The molecule has 8 heteroatoms. The van der Waals surface area contributed by atoms with Crippen molar-refractivity contribution in [2.45, 2.75) is 19.1 Å². The molecule has 0 aliphatic rings. The lowest BCUT2D eigenvalue weighted by Gasteiger charge is -2.14. The van der Waals surface area contributed by atoms with E-state index in [1.807, 2.05) is 60.0 Å². The molecule has 0 saturated heterocycles. The van der Waals surface area contributed by atoms with Crippen molar-refractivity contribution < 1.29 is 13.2 Å². The van der Waals surface area contributed by atoms with Crippen molar-refractivity contribution in [2.24, 2.45) is 0 Å². The quantitative estimate of drug-likeness (QED) is 0.319. The molecule has 0 aliphatic heterocycles. The summed E-state index contributed by atoms with van der Waals surface area (Å²) in [5, 5.41) is 3.32. The van der Waals surface area contributed by atoms with Crippen molar-refractivity contribution in [2.75, 3.05) is 5.32 Å². The molecule has 5 rings (SSSR count). The second-order valence-electron chi connectivity index (χ2n) is 7.91. The lowest BCUT2D eigenvalue weighted by atomic mass is 10.0. The highest BCUT2D eigenvalue weighted by molar-refractivity contribution is 5.83. The average Bonchev–Trinajstić information content (AvgIpc) is 3.28. The van der Waals surface area contributed by atoms with Crippen LogP contribution < -0.4 is 5.32 Å². The number of rotatable bonds is 5. The zero-order chi connectivity index (χ0) is 23.7. The first kappa shape index (κ1) is 21.6. The van der Waals surface area contributed by atoms with Gasteiger partial charge in [0.1, 0.15) is 12.1 Å². The predicted molar refractivity (Wildman–Crippen MR) is 126 cm³/mol. The van der Waals surface area contributed by atoms with Crippen molar-refractivity contribution in [3.05, 3.63) is 103 Å². The number of hydrogen-bond donors (Lipinski definition) is 1. The Morgan fingerprint density at radius 3 is 2.32 bits per heavy atom. The molecule has 0 spiro atoms. The minimum absolute atomic E-state index is 0.0299. The number of nitrogens with zero attached hydrogens (tertiary/aromatic N) is 4. The summed E-state index contributed by atoms with van der Waals surface area (Å²) < 4.78 is 40.4. The zero-order valence-electron chi connectivity index (χ0n) is 18.2. The van der Waals surface area contributed by atoms with Gasteiger partial charge in [0.2, 0.25) is 5.95 Å². The molecular weight excluding hydrogens is 439 g/mol. The Bertz CT molecular complexity index is 1430. The highest BCUT2D eigenvalue weighted by atomic mass is 19.4. The fraction of sp³-hybridized carbons (Fsp3) is 0.115. The molecule has 1 unspecified atom stereocenters. The maximum atomic E-state index is 12.9. The van der Waals surface area contributed by atoms with Crippen LogP contribution in [0.2, 0.25) is 0 Å². The summed E-state index contributed by atoms with van der Waals surface area (Å²) in [4.78, 5) is 13.5. The van der Waals surface area contributed by atoms with Gasteiger partial charge in [-0.1, -0.05) is 48.5 Å². The van der Waals surface area contributed by atoms with E-state index in [0.29, 0.717) is 22.8 Å². The maximum Gasteiger partial charge on any atom is 0.416 e. The first-order valence-electron chi connectivity index (χ1n) is 10.7. The fourth-order valence-electron chi connectivity index (χ4n) is 3.80. The number of anilines is 1. The van der Waals surface area contributed by atoms with E-state index in [9.17, 15) is 13.2 Å². The van der Waals surface area contributed by atoms with E-state index in [-0.39, 0.29) is 6.04 Å². The summed E-state index contributed by atoms with van der Waals surface area (Å²) in [5.74, 6) is 1.15. The largest absolute Gasteiger partial charge is 0.416 e. The Morgan fingerprint density at radius 2 is 1.59 bits per heavy atom. The topological polar surface area (TPSA) is 55.6 Å². The predicted octanol–water partition coefficient (Wildman–Crippen LogP) is 6.67. The van der Waals surface area contributed by atoms with Crippen molar-refractivity contribution in [3.8, 4) is 16.9 Å². The normalized spacial score (nSPS) is 12.6. The van der Waals surface area contributed by atoms with Crippen LogP contribution in [-0.2, 0) is 6.18 Å². The van der Waals surface area contributed by atoms with Crippen LogP contribution in [0.4, 0.5) is 19.1 Å². The van der Waals surface area contributed by atoms with E-state index in [0.717, 1.165) is 28.8 Å². The average molecular weight is 459 g/mol. The Labute approximate surface area is 194 Å². The van der Waals surface area contributed by atoms with E-state index in [4.69, 9.17) is 0 Å². The highest BCUT2D eigenvalue weighted by Crippen LogP contribution is 2.32. The van der Waals surface area contributed by atoms with Gasteiger partial charge in [0.05, 0.1) is 22.6 Å². The number of benzene rings is 3. The van der Waals surface area contributed by atoms with Gasteiger partial charge < -0.3 is 5.32 Å². The third kappa shape index (κ3) is 4.34. The number of hydrogen-bond acceptors (Lipinski definition) is 4. The highest BCUT2D eigenvalue weighted by Gasteiger charge is 2.30. The SMILES string of the molecule is CC(Nc1nccc(-n2cnc3cc(-c4ccc(C(F)(F)F)cc4)ccc32)n1)c1ccccc1. The zero-order valence-corrected chi connectivity index (χ0v) is 18.2. The molecule has 0 bridgehead atoms. The third-order valence-corrected chi connectivity index (χ3v) is 5.63. The van der Waals surface area contributed by atoms with Gasteiger partial charge in [0, 0.05) is 6.20 Å². The van der Waals surface area contributed by atoms with Crippen LogP contribution in [0.1, 0.15) is 24.1 Å². The molecule has 5 nitrogen and oxygen atoms in total. The number of aromatic nitrogens is 4. The van der Waals surface area contributed by atoms with Gasteiger partial charge >= 0.3 is 6.18 Å². The molecule has 0 radical (unpaired) electrons. The minimum Gasteiger partial charge on any atom is -0.348 e. The summed E-state index contributed by atoms with van der Waals surface area (Å²) >= 11 is 0. The second-order valence-corrected chi connectivity index (χ2v) is 7.91. The second kappa shape index (κ2) is 8.62. The summed E-state index contributed by atoms with van der Waals surface area (Å²) in [7, 11) is 0. The number of alkyl halides is 3. The number of imidazole rings is 1. The van der Waals surface area contributed by atoms with E-state index >= 15 is 0 Å². The van der Waals surface area contributed by atoms with Gasteiger partial charge in [0.25, 0.3) is 0 Å². The summed E-state index contributed by atoms with van der Waals surface area (Å²) in [6, 6.07) is 22.6. The smallest absolute Gasteiger partial charge is 0.348 e. The molecule has 2 heterocycles. The first-order valence-corrected chi connectivity index (χ1v) is 10.7. The van der Waals surface area contributed by atoms with Crippen LogP contribution in [0.5, 0.6) is 0 Å². The standard InChI is InChI=1S/C26H20F3N5/c1-17(18-5-3-2-4-6-18)32-25-30-14-13-24(33-25)34-16-31-22-15-20(9-12-23(22)34)19-7-10-21(11-8-19)26(27,28)29/h2-17H,1H3,(H,30,32,33). The van der Waals surface area contributed by atoms with Gasteiger partial charge in [-0.05, 0) is 53.9 Å². The van der Waals surface area contributed by atoms with Crippen LogP contribution in [0.3, 0.4) is 0 Å². The Balaban J connectivity index is 1.41. The Kier molecular flexibility index (Phi) is 5.49. The van der Waals surface area contributed by atoms with Crippen molar-refractivity contribution in [1.82, 2.24) is 19.5 Å². The van der Waals surface area contributed by atoms with Gasteiger partial charge in [-0.3, -0.25) is 4.57 Å². The van der Waals surface area contributed by atoms with E-state index in [1.54, 1.807) is 18.6 Å². The number of nitrogens with one attached hydrogen (secondary N) is 1. The van der Waals surface area contributed by atoms with Crippen LogP contribution in [0.15, 0.2) is 91.4 Å². The van der Waals surface area contributed by atoms with Crippen LogP contribution in [0.25, 0.3) is 28.0 Å². The van der Waals surface area contributed by atoms with Gasteiger partial charge in [-0.2, -0.15) is 18.2 Å². The molecule has 1 atom stereocenters. The van der Waals surface area contributed by atoms with Crippen LogP contribution in [-0.4, -0.2) is 19.5 Å². The number of halogens is 3. The molecule has 2 aromatic heterocycles. The summed E-state index contributed by atoms with van der Waals surface area (Å²) in [6.45, 7) is 2.04. The van der Waals surface area contributed by atoms with Crippen LogP contribution >= 0.6 is 0 Å². The molecular formula is C26H20F3N5. The molecule has 1 N–H and O–H groups in total. The molecule has 170 valence electrons. The van der Waals surface area contributed by atoms with Crippen molar-refractivity contribution in [3.63, 3.8) is 0 Å². The molecule has 0 aliphatic carbocycles. The van der Waals surface area contributed by atoms with Gasteiger partial charge in [0.15, 0.2) is 0 Å². The molecule has 5 aromatic rings. The van der Waals surface area contributed by atoms with E-state index in [2.05, 4.69) is 20.3 Å². The lowest BCUT2D eigenvalue weighted by Crippen LogP contribution is -2.10. The molecule has 34 heavy (non-hydrogen) atoms. The summed E-state index contributed by atoms with van der Waals surface area (Å²) in [6.07, 6.45) is -0.996. The minimum atomic E-state index is -4.36. The Morgan fingerprint density at radius 1 is 0.853 bits per heavy atom. The van der Waals surface area contributed by atoms with Crippen molar-refractivity contribution >= 4 is 17.0 Å². The van der Waals surface area contributed by atoms with Crippen molar-refractivity contribution in [1.29, 1.82) is 0 Å². The Hall–Kier alpha value is -4.20. The molecule has 0 saturated carbocycles.